The molecule has 0 fully saturated rings. The van der Waals surface area contributed by atoms with Gasteiger partial charge in [0.25, 0.3) is 0 Å². The first-order valence-corrected chi connectivity index (χ1v) is 5.29. The molecule has 0 aromatic carbocycles. The van der Waals surface area contributed by atoms with Crippen LogP contribution in [0.1, 0.15) is 41.0 Å². The van der Waals surface area contributed by atoms with Gasteiger partial charge in [0.15, 0.2) is 0 Å². The molecule has 80 valence electrons. The van der Waals surface area contributed by atoms with E-state index in [1.165, 1.54) is 0 Å². The van der Waals surface area contributed by atoms with Crippen LogP contribution < -0.4 is 5.32 Å². The Labute approximate surface area is 83.1 Å². The number of ether oxygens (including phenoxy) is 1. The molecule has 1 N–H and O–H groups in total. The number of nitrogens with one attached hydrogen (secondary N) is 1. The molecule has 0 spiro atoms. The Morgan fingerprint density at radius 1 is 1.31 bits per heavy atom. The van der Waals surface area contributed by atoms with Crippen LogP contribution in [-0.4, -0.2) is 25.8 Å². The average molecular weight is 187 g/mol. The van der Waals surface area contributed by atoms with E-state index in [-0.39, 0.29) is 0 Å². The summed E-state index contributed by atoms with van der Waals surface area (Å²) in [4.78, 5) is 0. The van der Waals surface area contributed by atoms with Gasteiger partial charge < -0.3 is 10.1 Å². The van der Waals surface area contributed by atoms with Crippen LogP contribution in [0.15, 0.2) is 0 Å². The Hall–Kier alpha value is -0.0800. The summed E-state index contributed by atoms with van der Waals surface area (Å²) in [5.74, 6) is 0. The fourth-order valence-electron chi connectivity index (χ4n) is 0.943. The zero-order chi connectivity index (χ0) is 10.3. The van der Waals surface area contributed by atoms with Crippen LogP contribution in [-0.2, 0) is 4.74 Å². The minimum atomic E-state index is 0.353. The fraction of sp³-hybridized carbons (Fsp3) is 1.00. The monoisotopic (exact) mass is 187 g/mol. The van der Waals surface area contributed by atoms with Gasteiger partial charge in [-0.15, -0.1) is 0 Å². The molecule has 0 aliphatic rings. The van der Waals surface area contributed by atoms with E-state index >= 15 is 0 Å². The van der Waals surface area contributed by atoms with E-state index < -0.39 is 0 Å². The van der Waals surface area contributed by atoms with E-state index in [1.807, 2.05) is 6.92 Å². The normalized spacial score (nSPS) is 14.5. The molecule has 1 atom stereocenters. The lowest BCUT2D eigenvalue weighted by atomic mass is 9.88. The van der Waals surface area contributed by atoms with E-state index in [0.29, 0.717) is 11.5 Å². The molecule has 0 radical (unpaired) electrons. The Morgan fingerprint density at radius 2 is 1.92 bits per heavy atom. The first-order chi connectivity index (χ1) is 5.98. The van der Waals surface area contributed by atoms with E-state index in [4.69, 9.17) is 4.74 Å². The van der Waals surface area contributed by atoms with Crippen molar-refractivity contribution >= 4 is 0 Å². The molecule has 0 aromatic heterocycles. The van der Waals surface area contributed by atoms with Crippen molar-refractivity contribution in [2.45, 2.75) is 47.1 Å². The summed E-state index contributed by atoms with van der Waals surface area (Å²) < 4.78 is 5.26. The van der Waals surface area contributed by atoms with Gasteiger partial charge in [-0.2, -0.15) is 0 Å². The van der Waals surface area contributed by atoms with Crippen LogP contribution >= 0.6 is 0 Å². The second-order valence-corrected chi connectivity index (χ2v) is 4.59. The Kier molecular flexibility index (Phi) is 6.35. The summed E-state index contributed by atoms with van der Waals surface area (Å²) >= 11 is 0. The van der Waals surface area contributed by atoms with Gasteiger partial charge >= 0.3 is 0 Å². The lowest BCUT2D eigenvalue weighted by Gasteiger charge is -2.28. The molecule has 0 heterocycles. The molecule has 0 bridgehead atoms. The van der Waals surface area contributed by atoms with E-state index in [0.717, 1.165) is 26.2 Å². The standard InChI is InChI=1S/C11H25NO/c1-6-13-9-7-8-12-10(2)11(3,4)5/h10,12H,6-9H2,1-5H3. The van der Waals surface area contributed by atoms with Gasteiger partial charge in [-0.1, -0.05) is 20.8 Å². The van der Waals surface area contributed by atoms with Crippen LogP contribution in [0.25, 0.3) is 0 Å². The fourth-order valence-corrected chi connectivity index (χ4v) is 0.943. The molecule has 13 heavy (non-hydrogen) atoms. The third-order valence-electron chi connectivity index (χ3n) is 2.42. The molecule has 2 heteroatoms. The van der Waals surface area contributed by atoms with Crippen molar-refractivity contribution in [3.05, 3.63) is 0 Å². The minimum Gasteiger partial charge on any atom is -0.382 e. The maximum atomic E-state index is 5.26. The summed E-state index contributed by atoms with van der Waals surface area (Å²) in [6.07, 6.45) is 1.11. The van der Waals surface area contributed by atoms with Crippen molar-refractivity contribution in [2.75, 3.05) is 19.8 Å². The lowest BCUT2D eigenvalue weighted by molar-refractivity contribution is 0.142. The maximum Gasteiger partial charge on any atom is 0.0477 e. The van der Waals surface area contributed by atoms with Crippen molar-refractivity contribution in [1.29, 1.82) is 0 Å². The van der Waals surface area contributed by atoms with Crippen molar-refractivity contribution < 1.29 is 4.74 Å². The zero-order valence-electron chi connectivity index (χ0n) is 9.81. The topological polar surface area (TPSA) is 21.3 Å². The van der Waals surface area contributed by atoms with Crippen LogP contribution in [0.2, 0.25) is 0 Å². The predicted molar refractivity (Wildman–Crippen MR) is 58.0 cm³/mol. The van der Waals surface area contributed by atoms with Gasteiger partial charge in [-0.3, -0.25) is 0 Å². The summed E-state index contributed by atoms with van der Waals surface area (Å²) in [5, 5.41) is 3.50. The first kappa shape index (κ1) is 12.9. The molecular formula is C11H25NO. The highest BCUT2D eigenvalue weighted by Crippen LogP contribution is 2.18. The Morgan fingerprint density at radius 3 is 2.38 bits per heavy atom. The molecule has 0 rings (SSSR count). The van der Waals surface area contributed by atoms with Crippen molar-refractivity contribution in [3.63, 3.8) is 0 Å². The third kappa shape index (κ3) is 7.03. The summed E-state index contributed by atoms with van der Waals surface area (Å²) in [5.41, 5.74) is 0.353. The van der Waals surface area contributed by atoms with Crippen LogP contribution in [0.4, 0.5) is 0 Å². The van der Waals surface area contributed by atoms with Gasteiger partial charge in [0.1, 0.15) is 0 Å². The maximum absolute atomic E-state index is 5.26. The predicted octanol–water partition coefficient (Wildman–Crippen LogP) is 2.44. The number of rotatable bonds is 6. The smallest absolute Gasteiger partial charge is 0.0477 e. The average Bonchev–Trinajstić information content (AvgIpc) is 2.02. The zero-order valence-corrected chi connectivity index (χ0v) is 9.81. The van der Waals surface area contributed by atoms with Gasteiger partial charge in [-0.25, -0.2) is 0 Å². The Bertz CT molecular complexity index is 118. The molecule has 2 nitrogen and oxygen atoms in total. The third-order valence-corrected chi connectivity index (χ3v) is 2.42. The minimum absolute atomic E-state index is 0.353. The molecule has 0 aliphatic heterocycles. The van der Waals surface area contributed by atoms with Crippen LogP contribution in [0.3, 0.4) is 0 Å². The van der Waals surface area contributed by atoms with E-state index in [1.54, 1.807) is 0 Å². The Balaban J connectivity index is 3.32. The largest absolute Gasteiger partial charge is 0.382 e. The molecular weight excluding hydrogens is 162 g/mol. The van der Waals surface area contributed by atoms with Crippen molar-refractivity contribution in [2.24, 2.45) is 5.41 Å². The number of hydrogen-bond acceptors (Lipinski definition) is 2. The van der Waals surface area contributed by atoms with Gasteiger partial charge in [-0.05, 0) is 32.2 Å². The summed E-state index contributed by atoms with van der Waals surface area (Å²) in [6.45, 7) is 13.8. The van der Waals surface area contributed by atoms with E-state index in [2.05, 4.69) is 33.0 Å². The van der Waals surface area contributed by atoms with Gasteiger partial charge in [0.2, 0.25) is 0 Å². The molecule has 1 unspecified atom stereocenters. The van der Waals surface area contributed by atoms with Crippen LogP contribution in [0.5, 0.6) is 0 Å². The molecule has 0 aromatic rings. The lowest BCUT2D eigenvalue weighted by Crippen LogP contribution is -2.38. The highest BCUT2D eigenvalue weighted by atomic mass is 16.5. The van der Waals surface area contributed by atoms with Gasteiger partial charge in [0, 0.05) is 19.3 Å². The second-order valence-electron chi connectivity index (χ2n) is 4.59. The quantitative estimate of drug-likeness (QED) is 0.645. The van der Waals surface area contributed by atoms with Crippen molar-refractivity contribution in [1.82, 2.24) is 5.32 Å². The highest BCUT2D eigenvalue weighted by molar-refractivity contribution is 4.75. The molecule has 0 aliphatic carbocycles. The molecule has 0 amide bonds. The van der Waals surface area contributed by atoms with E-state index in [9.17, 15) is 0 Å². The van der Waals surface area contributed by atoms with Crippen molar-refractivity contribution in [3.8, 4) is 0 Å². The first-order valence-electron chi connectivity index (χ1n) is 5.29. The SMILES string of the molecule is CCOCCCNC(C)C(C)(C)C. The van der Waals surface area contributed by atoms with Crippen LogP contribution in [0, 0.1) is 5.41 Å². The highest BCUT2D eigenvalue weighted by Gasteiger charge is 2.18. The second kappa shape index (κ2) is 6.39. The van der Waals surface area contributed by atoms with Gasteiger partial charge in [0.05, 0.1) is 0 Å². The number of hydrogen-bond donors (Lipinski definition) is 1. The summed E-state index contributed by atoms with van der Waals surface area (Å²) in [7, 11) is 0. The molecule has 0 saturated heterocycles. The molecule has 0 saturated carbocycles. The summed E-state index contributed by atoms with van der Waals surface area (Å²) in [6, 6.07) is 0.564.